The van der Waals surface area contributed by atoms with Crippen molar-refractivity contribution in [3.05, 3.63) is 46.8 Å². The molecule has 0 radical (unpaired) electrons. The monoisotopic (exact) mass is 408 g/mol. The van der Waals surface area contributed by atoms with E-state index in [4.69, 9.17) is 14.0 Å². The van der Waals surface area contributed by atoms with E-state index in [2.05, 4.69) is 40.4 Å². The molecule has 3 aromatic rings. The SMILES string of the molecule is CCNCc1ncc(-c2nc(-c3cc(C)c(OCC4CO4)c(CC)c3)no2)cc1C. The standard InChI is InChI=1S/C23H28N4O3/c1-5-16-9-17(8-15(4)21(16)29-13-19-12-28-19)22-26-23(30-27-22)18-7-14(3)20(25-10-18)11-24-6-2/h7-10,19,24H,5-6,11-13H2,1-4H3. The molecule has 0 bridgehead atoms. The topological polar surface area (TPSA) is 85.6 Å². The molecule has 1 saturated heterocycles. The first kappa shape index (κ1) is 20.5. The van der Waals surface area contributed by atoms with E-state index in [1.807, 2.05) is 26.0 Å². The second kappa shape index (κ2) is 8.93. The summed E-state index contributed by atoms with van der Waals surface area (Å²) in [6, 6.07) is 6.16. The molecule has 0 saturated carbocycles. The van der Waals surface area contributed by atoms with E-state index in [0.29, 0.717) is 18.3 Å². The number of aromatic nitrogens is 3. The predicted octanol–water partition coefficient (Wildman–Crippen LogP) is 3.86. The average Bonchev–Trinajstić information content (AvgIpc) is 3.44. The Balaban J connectivity index is 1.57. The summed E-state index contributed by atoms with van der Waals surface area (Å²) in [5.74, 6) is 1.96. The number of nitrogens with zero attached hydrogens (tertiary/aromatic N) is 3. The first-order valence-corrected chi connectivity index (χ1v) is 10.5. The van der Waals surface area contributed by atoms with E-state index in [0.717, 1.165) is 65.4 Å². The van der Waals surface area contributed by atoms with Gasteiger partial charge in [0.25, 0.3) is 5.89 Å². The Morgan fingerprint density at radius 2 is 1.93 bits per heavy atom. The Morgan fingerprint density at radius 3 is 2.63 bits per heavy atom. The fraction of sp³-hybridized carbons (Fsp3) is 0.435. The number of hydrogen-bond donors (Lipinski definition) is 1. The molecule has 0 spiro atoms. The van der Waals surface area contributed by atoms with Crippen LogP contribution in [0.2, 0.25) is 0 Å². The third-order valence-electron chi connectivity index (χ3n) is 5.21. The largest absolute Gasteiger partial charge is 0.490 e. The van der Waals surface area contributed by atoms with Gasteiger partial charge in [-0.2, -0.15) is 4.98 Å². The zero-order valence-corrected chi connectivity index (χ0v) is 18.0. The van der Waals surface area contributed by atoms with Gasteiger partial charge in [0.15, 0.2) is 0 Å². The molecule has 1 aliphatic heterocycles. The van der Waals surface area contributed by atoms with E-state index < -0.39 is 0 Å². The van der Waals surface area contributed by atoms with Crippen molar-refractivity contribution in [2.24, 2.45) is 0 Å². The molecule has 4 rings (SSSR count). The summed E-state index contributed by atoms with van der Waals surface area (Å²) in [4.78, 5) is 9.17. The second-order valence-corrected chi connectivity index (χ2v) is 7.59. The summed E-state index contributed by atoms with van der Waals surface area (Å²) >= 11 is 0. The molecule has 1 aromatic carbocycles. The molecule has 0 aliphatic carbocycles. The number of nitrogens with one attached hydrogen (secondary N) is 1. The molecule has 1 aliphatic rings. The van der Waals surface area contributed by atoms with Gasteiger partial charge in [-0.15, -0.1) is 0 Å². The summed E-state index contributed by atoms with van der Waals surface area (Å²) in [5, 5.41) is 7.51. The molecule has 3 heterocycles. The number of rotatable bonds is 9. The van der Waals surface area contributed by atoms with Crippen LogP contribution in [-0.4, -0.2) is 41.0 Å². The van der Waals surface area contributed by atoms with Crippen LogP contribution in [-0.2, 0) is 17.7 Å². The molecule has 1 N–H and O–H groups in total. The van der Waals surface area contributed by atoms with Crippen LogP contribution in [0.3, 0.4) is 0 Å². The Hall–Kier alpha value is -2.77. The van der Waals surface area contributed by atoms with Gasteiger partial charge in [-0.3, -0.25) is 4.98 Å². The molecular formula is C23H28N4O3. The highest BCUT2D eigenvalue weighted by Crippen LogP contribution is 2.32. The van der Waals surface area contributed by atoms with Crippen molar-refractivity contribution in [2.75, 3.05) is 19.8 Å². The second-order valence-electron chi connectivity index (χ2n) is 7.59. The van der Waals surface area contributed by atoms with E-state index in [-0.39, 0.29) is 6.10 Å². The third-order valence-corrected chi connectivity index (χ3v) is 5.21. The lowest BCUT2D eigenvalue weighted by Gasteiger charge is -2.14. The minimum atomic E-state index is 0.231. The summed E-state index contributed by atoms with van der Waals surface area (Å²) in [5.41, 5.74) is 6.05. The van der Waals surface area contributed by atoms with Crippen molar-refractivity contribution in [1.82, 2.24) is 20.4 Å². The van der Waals surface area contributed by atoms with Gasteiger partial charge in [0, 0.05) is 18.3 Å². The summed E-state index contributed by atoms with van der Waals surface area (Å²) in [6.45, 7) is 11.3. The molecule has 1 atom stereocenters. The fourth-order valence-corrected chi connectivity index (χ4v) is 3.39. The van der Waals surface area contributed by atoms with Gasteiger partial charge in [0.05, 0.1) is 17.9 Å². The maximum atomic E-state index is 6.00. The number of ether oxygens (including phenoxy) is 2. The fourth-order valence-electron chi connectivity index (χ4n) is 3.39. The quantitative estimate of drug-likeness (QED) is 0.538. The van der Waals surface area contributed by atoms with Crippen LogP contribution in [0.4, 0.5) is 0 Å². The Morgan fingerprint density at radius 1 is 1.13 bits per heavy atom. The normalized spacial score (nSPS) is 15.4. The van der Waals surface area contributed by atoms with E-state index in [1.165, 1.54) is 0 Å². The van der Waals surface area contributed by atoms with Crippen LogP contribution in [0, 0.1) is 13.8 Å². The maximum absolute atomic E-state index is 6.00. The first-order chi connectivity index (χ1) is 14.6. The minimum Gasteiger partial charge on any atom is -0.490 e. The first-order valence-electron chi connectivity index (χ1n) is 10.5. The molecule has 158 valence electrons. The molecule has 7 heteroatoms. The Labute approximate surface area is 176 Å². The van der Waals surface area contributed by atoms with Crippen molar-refractivity contribution in [2.45, 2.75) is 46.8 Å². The zero-order chi connectivity index (χ0) is 21.1. The van der Waals surface area contributed by atoms with Crippen LogP contribution in [0.5, 0.6) is 5.75 Å². The molecule has 0 amide bonds. The van der Waals surface area contributed by atoms with E-state index in [9.17, 15) is 0 Å². The van der Waals surface area contributed by atoms with Crippen molar-refractivity contribution < 1.29 is 14.0 Å². The van der Waals surface area contributed by atoms with E-state index >= 15 is 0 Å². The highest BCUT2D eigenvalue weighted by atomic mass is 16.6. The van der Waals surface area contributed by atoms with Gasteiger partial charge in [-0.05, 0) is 61.7 Å². The van der Waals surface area contributed by atoms with E-state index in [1.54, 1.807) is 6.20 Å². The van der Waals surface area contributed by atoms with Gasteiger partial charge in [-0.25, -0.2) is 0 Å². The lowest BCUT2D eigenvalue weighted by molar-refractivity contribution is 0.260. The molecule has 1 fully saturated rings. The van der Waals surface area contributed by atoms with Crippen LogP contribution in [0.25, 0.3) is 22.8 Å². The Bertz CT molecular complexity index is 1030. The van der Waals surface area contributed by atoms with Crippen LogP contribution < -0.4 is 10.1 Å². The van der Waals surface area contributed by atoms with Gasteiger partial charge in [-0.1, -0.05) is 19.0 Å². The number of aryl methyl sites for hydroxylation is 3. The van der Waals surface area contributed by atoms with Crippen molar-refractivity contribution in [3.8, 4) is 28.6 Å². The number of hydrogen-bond acceptors (Lipinski definition) is 7. The van der Waals surface area contributed by atoms with Crippen molar-refractivity contribution in [1.29, 1.82) is 0 Å². The highest BCUT2D eigenvalue weighted by Gasteiger charge is 2.24. The highest BCUT2D eigenvalue weighted by molar-refractivity contribution is 5.64. The number of pyridine rings is 1. The van der Waals surface area contributed by atoms with Crippen LogP contribution >= 0.6 is 0 Å². The van der Waals surface area contributed by atoms with Gasteiger partial charge in [0.2, 0.25) is 5.82 Å². The molecule has 30 heavy (non-hydrogen) atoms. The predicted molar refractivity (Wildman–Crippen MR) is 114 cm³/mol. The average molecular weight is 409 g/mol. The molecule has 1 unspecified atom stereocenters. The smallest absolute Gasteiger partial charge is 0.259 e. The number of benzene rings is 1. The third kappa shape index (κ3) is 4.52. The van der Waals surface area contributed by atoms with Gasteiger partial charge < -0.3 is 19.3 Å². The molecular weight excluding hydrogens is 380 g/mol. The zero-order valence-electron chi connectivity index (χ0n) is 18.0. The van der Waals surface area contributed by atoms with Crippen LogP contribution in [0.1, 0.15) is 36.2 Å². The van der Waals surface area contributed by atoms with Gasteiger partial charge in [0.1, 0.15) is 18.5 Å². The maximum Gasteiger partial charge on any atom is 0.259 e. The summed E-state index contributed by atoms with van der Waals surface area (Å²) in [7, 11) is 0. The summed E-state index contributed by atoms with van der Waals surface area (Å²) < 4.78 is 16.8. The summed E-state index contributed by atoms with van der Waals surface area (Å²) in [6.07, 6.45) is 2.88. The molecule has 2 aromatic heterocycles. The van der Waals surface area contributed by atoms with Gasteiger partial charge >= 0.3 is 0 Å². The molecule has 7 nitrogen and oxygen atoms in total. The van der Waals surface area contributed by atoms with Crippen molar-refractivity contribution >= 4 is 0 Å². The van der Waals surface area contributed by atoms with Crippen LogP contribution in [0.15, 0.2) is 28.9 Å². The Kier molecular flexibility index (Phi) is 6.11. The number of epoxide rings is 1. The van der Waals surface area contributed by atoms with Crippen molar-refractivity contribution in [3.63, 3.8) is 0 Å². The minimum absolute atomic E-state index is 0.231. The lowest BCUT2D eigenvalue weighted by Crippen LogP contribution is -2.13. The lowest BCUT2D eigenvalue weighted by atomic mass is 10.0.